The fraction of sp³-hybridized carbons (Fsp3) is 0.667. The lowest BCUT2D eigenvalue weighted by Gasteiger charge is -2.24. The van der Waals surface area contributed by atoms with E-state index in [0.29, 0.717) is 18.7 Å². The van der Waals surface area contributed by atoms with Gasteiger partial charge in [0.2, 0.25) is 5.91 Å². The van der Waals surface area contributed by atoms with Gasteiger partial charge in [-0.3, -0.25) is 4.79 Å². The van der Waals surface area contributed by atoms with Gasteiger partial charge in [-0.2, -0.15) is 0 Å². The number of likely N-dealkylation sites (tertiary alicyclic amines) is 1. The molecule has 1 amide bonds. The number of nitrogens with zero attached hydrogens (tertiary/aromatic N) is 1. The Morgan fingerprint density at radius 1 is 1.41 bits per heavy atom. The molecule has 1 heterocycles. The third kappa shape index (κ3) is 4.04. The molecule has 17 heavy (non-hydrogen) atoms. The lowest BCUT2D eigenvalue weighted by Crippen LogP contribution is -2.35. The van der Waals surface area contributed by atoms with Crippen molar-refractivity contribution >= 4 is 23.5 Å². The number of methoxy groups -OCH3 is 1. The van der Waals surface area contributed by atoms with Gasteiger partial charge in [-0.25, -0.2) is 4.79 Å². The minimum atomic E-state index is -0.575. The maximum Gasteiger partial charge on any atom is 0.332 e. The summed E-state index contributed by atoms with van der Waals surface area (Å²) < 4.78 is 4.60. The van der Waals surface area contributed by atoms with Crippen molar-refractivity contribution < 1.29 is 14.3 Å². The Kier molecular flexibility index (Phi) is 5.48. The SMILES string of the molecule is COC(=O)/C=C1\CCCCCN1C(=O)C(C)Cl. The molecule has 0 bridgehead atoms. The van der Waals surface area contributed by atoms with Gasteiger partial charge in [0.05, 0.1) is 7.11 Å². The number of allylic oxidation sites excluding steroid dienone is 1. The van der Waals surface area contributed by atoms with Crippen LogP contribution in [0.1, 0.15) is 32.6 Å². The van der Waals surface area contributed by atoms with Crippen molar-refractivity contribution in [3.8, 4) is 0 Å². The van der Waals surface area contributed by atoms with Gasteiger partial charge in [-0.05, 0) is 26.2 Å². The predicted octanol–water partition coefficient (Wildman–Crippen LogP) is 2.07. The predicted molar refractivity (Wildman–Crippen MR) is 65.6 cm³/mol. The van der Waals surface area contributed by atoms with Crippen LogP contribution >= 0.6 is 11.6 Å². The van der Waals surface area contributed by atoms with Crippen LogP contribution in [0.3, 0.4) is 0 Å². The number of rotatable bonds is 2. The molecule has 1 rings (SSSR count). The molecular weight excluding hydrogens is 242 g/mol. The van der Waals surface area contributed by atoms with Crippen molar-refractivity contribution in [3.05, 3.63) is 11.8 Å². The van der Waals surface area contributed by atoms with E-state index in [1.165, 1.54) is 13.2 Å². The summed E-state index contributed by atoms with van der Waals surface area (Å²) in [5, 5.41) is -0.575. The van der Waals surface area contributed by atoms with Crippen LogP contribution in [0.15, 0.2) is 11.8 Å². The Balaban J connectivity index is 2.90. The quantitative estimate of drug-likeness (QED) is 0.433. The van der Waals surface area contributed by atoms with Crippen molar-refractivity contribution in [2.24, 2.45) is 0 Å². The summed E-state index contributed by atoms with van der Waals surface area (Å²) in [5.74, 6) is -0.578. The summed E-state index contributed by atoms with van der Waals surface area (Å²) in [4.78, 5) is 24.8. The van der Waals surface area contributed by atoms with Crippen LogP contribution in [-0.2, 0) is 14.3 Å². The number of hydrogen-bond donors (Lipinski definition) is 0. The highest BCUT2D eigenvalue weighted by atomic mass is 35.5. The van der Waals surface area contributed by atoms with Crippen molar-refractivity contribution in [2.45, 2.75) is 38.0 Å². The summed E-state index contributed by atoms with van der Waals surface area (Å²) in [6, 6.07) is 0. The molecule has 1 unspecified atom stereocenters. The van der Waals surface area contributed by atoms with Gasteiger partial charge >= 0.3 is 5.97 Å². The molecule has 0 aromatic rings. The molecule has 1 aliphatic heterocycles. The Labute approximate surface area is 107 Å². The first-order valence-electron chi connectivity index (χ1n) is 5.80. The lowest BCUT2D eigenvalue weighted by molar-refractivity contribution is -0.135. The number of ether oxygens (including phenoxy) is 1. The maximum absolute atomic E-state index is 11.9. The maximum atomic E-state index is 11.9. The fourth-order valence-electron chi connectivity index (χ4n) is 1.84. The van der Waals surface area contributed by atoms with E-state index in [2.05, 4.69) is 4.74 Å². The zero-order valence-corrected chi connectivity index (χ0v) is 11.0. The van der Waals surface area contributed by atoms with Gasteiger partial charge in [0, 0.05) is 18.3 Å². The van der Waals surface area contributed by atoms with Gasteiger partial charge in [-0.1, -0.05) is 6.42 Å². The third-order valence-corrected chi connectivity index (χ3v) is 2.94. The smallest absolute Gasteiger partial charge is 0.332 e. The van der Waals surface area contributed by atoms with E-state index in [0.717, 1.165) is 19.3 Å². The third-order valence-electron chi connectivity index (χ3n) is 2.75. The number of amides is 1. The standard InChI is InChI=1S/C12H18ClNO3/c1-9(13)12(16)14-7-5-3-4-6-10(14)8-11(15)17-2/h8-9H,3-7H2,1-2H3/b10-8+. The number of carbonyl (C=O) groups excluding carboxylic acids is 2. The van der Waals surface area contributed by atoms with Crippen LogP contribution in [-0.4, -0.2) is 35.8 Å². The minimum Gasteiger partial charge on any atom is -0.466 e. The van der Waals surface area contributed by atoms with Gasteiger partial charge in [0.25, 0.3) is 0 Å². The van der Waals surface area contributed by atoms with Gasteiger partial charge in [0.1, 0.15) is 5.38 Å². The van der Waals surface area contributed by atoms with E-state index in [1.54, 1.807) is 11.8 Å². The van der Waals surface area contributed by atoms with Gasteiger partial charge in [-0.15, -0.1) is 11.6 Å². The molecule has 0 saturated carbocycles. The molecule has 0 aliphatic carbocycles. The molecule has 96 valence electrons. The van der Waals surface area contributed by atoms with Crippen LogP contribution in [0, 0.1) is 0 Å². The summed E-state index contributed by atoms with van der Waals surface area (Å²) in [6.07, 6.45) is 5.07. The number of esters is 1. The Morgan fingerprint density at radius 3 is 2.71 bits per heavy atom. The first-order chi connectivity index (χ1) is 8.06. The average Bonchev–Trinajstić information content (AvgIpc) is 2.53. The second kappa shape index (κ2) is 6.64. The largest absolute Gasteiger partial charge is 0.466 e. The first kappa shape index (κ1) is 14.0. The number of carbonyl (C=O) groups is 2. The van der Waals surface area contributed by atoms with Crippen LogP contribution in [0.25, 0.3) is 0 Å². The Hall–Kier alpha value is -1.03. The molecule has 1 saturated heterocycles. The second-order valence-electron chi connectivity index (χ2n) is 4.08. The van der Waals surface area contributed by atoms with E-state index in [4.69, 9.17) is 11.6 Å². The van der Waals surface area contributed by atoms with E-state index < -0.39 is 11.3 Å². The lowest BCUT2D eigenvalue weighted by atomic mass is 10.2. The van der Waals surface area contributed by atoms with E-state index in [1.807, 2.05) is 0 Å². The first-order valence-corrected chi connectivity index (χ1v) is 6.24. The molecule has 0 aromatic carbocycles. The number of hydrogen-bond acceptors (Lipinski definition) is 3. The van der Waals surface area contributed by atoms with E-state index in [9.17, 15) is 9.59 Å². The highest BCUT2D eigenvalue weighted by Crippen LogP contribution is 2.21. The monoisotopic (exact) mass is 259 g/mol. The topological polar surface area (TPSA) is 46.6 Å². The fourth-order valence-corrected chi connectivity index (χ4v) is 1.96. The highest BCUT2D eigenvalue weighted by molar-refractivity contribution is 6.30. The zero-order valence-electron chi connectivity index (χ0n) is 10.2. The molecule has 1 atom stereocenters. The Morgan fingerprint density at radius 2 is 2.12 bits per heavy atom. The molecule has 1 aliphatic rings. The summed E-state index contributed by atoms with van der Waals surface area (Å²) in [7, 11) is 1.33. The normalized spacial score (nSPS) is 20.9. The van der Waals surface area contributed by atoms with Crippen LogP contribution in [0.5, 0.6) is 0 Å². The van der Waals surface area contributed by atoms with Gasteiger partial charge in [0.15, 0.2) is 0 Å². The Bertz CT molecular complexity index is 326. The molecule has 4 nitrogen and oxygen atoms in total. The van der Waals surface area contributed by atoms with Crippen molar-refractivity contribution in [1.29, 1.82) is 0 Å². The minimum absolute atomic E-state index is 0.149. The summed E-state index contributed by atoms with van der Waals surface area (Å²) >= 11 is 5.82. The molecule has 0 radical (unpaired) electrons. The molecule has 1 fully saturated rings. The molecule has 0 spiro atoms. The van der Waals surface area contributed by atoms with Crippen LogP contribution in [0.2, 0.25) is 0 Å². The molecular formula is C12H18ClNO3. The number of halogens is 1. The van der Waals surface area contributed by atoms with Crippen molar-refractivity contribution in [2.75, 3.05) is 13.7 Å². The van der Waals surface area contributed by atoms with Crippen LogP contribution in [0.4, 0.5) is 0 Å². The van der Waals surface area contributed by atoms with Crippen molar-refractivity contribution in [1.82, 2.24) is 4.90 Å². The average molecular weight is 260 g/mol. The second-order valence-corrected chi connectivity index (χ2v) is 4.73. The summed E-state index contributed by atoms with van der Waals surface area (Å²) in [5.41, 5.74) is 0.715. The van der Waals surface area contributed by atoms with E-state index in [-0.39, 0.29) is 5.91 Å². The van der Waals surface area contributed by atoms with Crippen LogP contribution < -0.4 is 0 Å². The highest BCUT2D eigenvalue weighted by Gasteiger charge is 2.24. The molecule has 5 heteroatoms. The van der Waals surface area contributed by atoms with Crippen molar-refractivity contribution in [3.63, 3.8) is 0 Å². The molecule has 0 N–H and O–H groups in total. The summed E-state index contributed by atoms with van der Waals surface area (Å²) in [6.45, 7) is 2.27. The zero-order chi connectivity index (χ0) is 12.8. The van der Waals surface area contributed by atoms with Gasteiger partial charge < -0.3 is 9.64 Å². The molecule has 0 aromatic heterocycles. The van der Waals surface area contributed by atoms with E-state index >= 15 is 0 Å². The number of alkyl halides is 1.